The molecule has 4 amide bonds. The number of amides is 4. The van der Waals surface area contributed by atoms with Crippen LogP contribution in [0.1, 0.15) is 19.8 Å². The van der Waals surface area contributed by atoms with Crippen molar-refractivity contribution in [1.82, 2.24) is 16.0 Å². The van der Waals surface area contributed by atoms with Gasteiger partial charge in [0.2, 0.25) is 11.8 Å². The van der Waals surface area contributed by atoms with Crippen molar-refractivity contribution < 1.29 is 24.3 Å². The highest BCUT2D eigenvalue weighted by Crippen LogP contribution is 2.07. The molecule has 9 heteroatoms. The molecule has 114 valence electrons. The monoisotopic (exact) mass is 305 g/mol. The zero-order chi connectivity index (χ0) is 15.5. The predicted molar refractivity (Wildman–Crippen MR) is 74.4 cm³/mol. The van der Waals surface area contributed by atoms with Gasteiger partial charge in [0.1, 0.15) is 6.04 Å². The van der Waals surface area contributed by atoms with Crippen molar-refractivity contribution in [1.29, 1.82) is 0 Å². The first kappa shape index (κ1) is 18.2. The van der Waals surface area contributed by atoms with Crippen LogP contribution in [0.2, 0.25) is 0 Å². The molecule has 0 aromatic heterocycles. The van der Waals surface area contributed by atoms with Gasteiger partial charge in [0.25, 0.3) is 0 Å². The van der Waals surface area contributed by atoms with Gasteiger partial charge >= 0.3 is 12.0 Å². The summed E-state index contributed by atoms with van der Waals surface area (Å²) < 4.78 is 0. The summed E-state index contributed by atoms with van der Waals surface area (Å²) in [5.41, 5.74) is 0. The van der Waals surface area contributed by atoms with Crippen molar-refractivity contribution in [2.75, 3.05) is 18.6 Å². The van der Waals surface area contributed by atoms with E-state index in [1.165, 1.54) is 25.7 Å². The molecule has 0 saturated heterocycles. The van der Waals surface area contributed by atoms with Crippen LogP contribution in [0.5, 0.6) is 0 Å². The van der Waals surface area contributed by atoms with Crippen LogP contribution in [0.15, 0.2) is 0 Å². The minimum Gasteiger partial charge on any atom is -0.480 e. The summed E-state index contributed by atoms with van der Waals surface area (Å²) in [5, 5.41) is 15.6. The second-order valence-corrected chi connectivity index (χ2v) is 5.09. The SMILES string of the molecule is CNC(=O)NC(=O)CCSCCC(NC(C)=O)C(=O)O. The summed E-state index contributed by atoms with van der Waals surface area (Å²) >= 11 is 1.38. The van der Waals surface area contributed by atoms with Gasteiger partial charge in [-0.15, -0.1) is 0 Å². The molecule has 0 heterocycles. The summed E-state index contributed by atoms with van der Waals surface area (Å²) in [6.45, 7) is 1.26. The fourth-order valence-electron chi connectivity index (χ4n) is 1.22. The maximum absolute atomic E-state index is 11.2. The molecule has 0 aliphatic rings. The van der Waals surface area contributed by atoms with Crippen molar-refractivity contribution in [2.45, 2.75) is 25.8 Å². The van der Waals surface area contributed by atoms with Gasteiger partial charge in [-0.3, -0.25) is 14.9 Å². The number of imide groups is 1. The Balaban J connectivity index is 3.78. The Bertz CT molecular complexity index is 375. The molecule has 0 aromatic carbocycles. The topological polar surface area (TPSA) is 125 Å². The van der Waals surface area contributed by atoms with E-state index in [1.807, 2.05) is 0 Å². The van der Waals surface area contributed by atoms with Crippen LogP contribution in [0, 0.1) is 0 Å². The van der Waals surface area contributed by atoms with E-state index in [9.17, 15) is 19.2 Å². The molecule has 0 bridgehead atoms. The van der Waals surface area contributed by atoms with Crippen molar-refractivity contribution in [3.63, 3.8) is 0 Å². The molecule has 8 nitrogen and oxygen atoms in total. The Morgan fingerprint density at radius 2 is 1.85 bits per heavy atom. The molecule has 4 N–H and O–H groups in total. The van der Waals surface area contributed by atoms with Gasteiger partial charge in [-0.05, 0) is 12.2 Å². The Labute approximate surface area is 121 Å². The van der Waals surface area contributed by atoms with Crippen LogP contribution in [0.3, 0.4) is 0 Å². The zero-order valence-corrected chi connectivity index (χ0v) is 12.2. The van der Waals surface area contributed by atoms with Crippen LogP contribution >= 0.6 is 11.8 Å². The number of carbonyl (C=O) groups excluding carboxylic acids is 3. The Morgan fingerprint density at radius 3 is 2.35 bits per heavy atom. The predicted octanol–water partition coefficient (Wildman–Crippen LogP) is -0.455. The van der Waals surface area contributed by atoms with E-state index >= 15 is 0 Å². The van der Waals surface area contributed by atoms with E-state index in [-0.39, 0.29) is 12.8 Å². The van der Waals surface area contributed by atoms with Crippen molar-refractivity contribution in [3.8, 4) is 0 Å². The van der Waals surface area contributed by atoms with E-state index in [0.29, 0.717) is 11.5 Å². The molecule has 0 spiro atoms. The summed E-state index contributed by atoms with van der Waals surface area (Å²) in [6, 6.07) is -1.48. The first-order valence-electron chi connectivity index (χ1n) is 5.96. The molecule has 0 saturated carbocycles. The lowest BCUT2D eigenvalue weighted by atomic mass is 10.2. The molecule has 0 aliphatic carbocycles. The first-order valence-corrected chi connectivity index (χ1v) is 7.11. The number of carbonyl (C=O) groups is 4. The molecular weight excluding hydrogens is 286 g/mol. The largest absolute Gasteiger partial charge is 0.480 e. The molecule has 0 rings (SSSR count). The average Bonchev–Trinajstić information content (AvgIpc) is 2.36. The van der Waals surface area contributed by atoms with E-state index in [4.69, 9.17) is 5.11 Å². The Hall–Kier alpha value is -1.77. The summed E-state index contributed by atoms with van der Waals surface area (Å²) in [7, 11) is 1.41. The smallest absolute Gasteiger partial charge is 0.326 e. The molecule has 20 heavy (non-hydrogen) atoms. The van der Waals surface area contributed by atoms with Gasteiger partial charge in [0.15, 0.2) is 0 Å². The highest BCUT2D eigenvalue weighted by Gasteiger charge is 2.17. The summed E-state index contributed by atoms with van der Waals surface area (Å²) in [4.78, 5) is 43.7. The Morgan fingerprint density at radius 1 is 1.20 bits per heavy atom. The number of carboxylic acid groups (broad SMARTS) is 1. The summed E-state index contributed by atoms with van der Waals surface area (Å²) in [5.74, 6) is -0.918. The molecule has 0 aromatic rings. The number of rotatable bonds is 8. The second kappa shape index (κ2) is 10.1. The third-order valence-corrected chi connectivity index (χ3v) is 3.20. The number of urea groups is 1. The number of thioether (sulfide) groups is 1. The van der Waals surface area contributed by atoms with Gasteiger partial charge in [-0.25, -0.2) is 9.59 Å². The third kappa shape index (κ3) is 9.20. The van der Waals surface area contributed by atoms with Crippen LogP contribution in [0.4, 0.5) is 4.79 Å². The van der Waals surface area contributed by atoms with Crippen LogP contribution in [-0.4, -0.2) is 53.5 Å². The fourth-order valence-corrected chi connectivity index (χ4v) is 2.16. The van der Waals surface area contributed by atoms with E-state index < -0.39 is 29.9 Å². The normalized spacial score (nSPS) is 11.3. The second-order valence-electron chi connectivity index (χ2n) is 3.87. The van der Waals surface area contributed by atoms with Gasteiger partial charge in [0, 0.05) is 26.1 Å². The van der Waals surface area contributed by atoms with Crippen molar-refractivity contribution in [3.05, 3.63) is 0 Å². The highest BCUT2D eigenvalue weighted by atomic mass is 32.2. The average molecular weight is 305 g/mol. The lowest BCUT2D eigenvalue weighted by Gasteiger charge is -2.12. The minimum absolute atomic E-state index is 0.163. The van der Waals surface area contributed by atoms with Crippen LogP contribution in [0.25, 0.3) is 0 Å². The Kier molecular flexibility index (Phi) is 9.18. The molecule has 0 aliphatic heterocycles. The fraction of sp³-hybridized carbons (Fsp3) is 0.636. The van der Waals surface area contributed by atoms with Crippen LogP contribution in [-0.2, 0) is 14.4 Å². The number of nitrogens with one attached hydrogen (secondary N) is 3. The van der Waals surface area contributed by atoms with E-state index in [0.717, 1.165) is 0 Å². The van der Waals surface area contributed by atoms with Gasteiger partial charge < -0.3 is 15.7 Å². The molecule has 0 fully saturated rings. The number of carboxylic acids is 1. The lowest BCUT2D eigenvalue weighted by molar-refractivity contribution is -0.141. The summed E-state index contributed by atoms with van der Waals surface area (Å²) in [6.07, 6.45) is 0.437. The molecule has 1 unspecified atom stereocenters. The zero-order valence-electron chi connectivity index (χ0n) is 11.4. The maximum Gasteiger partial charge on any atom is 0.326 e. The number of hydrogen-bond donors (Lipinski definition) is 4. The number of hydrogen-bond acceptors (Lipinski definition) is 5. The van der Waals surface area contributed by atoms with Gasteiger partial charge in [0.05, 0.1) is 0 Å². The van der Waals surface area contributed by atoms with Gasteiger partial charge in [-0.1, -0.05) is 0 Å². The van der Waals surface area contributed by atoms with E-state index in [2.05, 4.69) is 16.0 Å². The standard InChI is InChI=1S/C11H19N3O5S/c1-7(15)13-8(10(17)18)3-5-20-6-4-9(16)14-11(19)12-2/h8H,3-6H2,1-2H3,(H,13,15)(H,17,18)(H2,12,14,16,19). The maximum atomic E-state index is 11.2. The third-order valence-electron chi connectivity index (χ3n) is 2.18. The molecule has 1 atom stereocenters. The van der Waals surface area contributed by atoms with Crippen LogP contribution < -0.4 is 16.0 Å². The van der Waals surface area contributed by atoms with Gasteiger partial charge in [-0.2, -0.15) is 11.8 Å². The lowest BCUT2D eigenvalue weighted by Crippen LogP contribution is -2.40. The minimum atomic E-state index is -1.09. The van der Waals surface area contributed by atoms with Crippen molar-refractivity contribution >= 4 is 35.6 Å². The quantitative estimate of drug-likeness (QED) is 0.450. The molecule has 0 radical (unpaired) electrons. The van der Waals surface area contributed by atoms with E-state index in [1.54, 1.807) is 0 Å². The number of aliphatic carboxylic acids is 1. The first-order chi connectivity index (χ1) is 9.36. The highest BCUT2D eigenvalue weighted by molar-refractivity contribution is 7.99. The molecular formula is C11H19N3O5S. The van der Waals surface area contributed by atoms with Crippen molar-refractivity contribution in [2.24, 2.45) is 0 Å².